The minimum absolute atomic E-state index is 0.0426. The molecule has 1 aromatic rings. The molecule has 1 saturated heterocycles. The van der Waals surface area contributed by atoms with Crippen LogP contribution in [-0.4, -0.2) is 56.8 Å². The summed E-state index contributed by atoms with van der Waals surface area (Å²) in [4.78, 5) is 36.3. The Labute approximate surface area is 177 Å². The predicted octanol–water partition coefficient (Wildman–Crippen LogP) is 0.642. The first-order valence-electron chi connectivity index (χ1n) is 10.4. The number of hydrogen-bond acceptors (Lipinski definition) is 5. The molecular weight excluding hydrogens is 406 g/mol. The molecule has 9 heteroatoms. The van der Waals surface area contributed by atoms with E-state index in [1.807, 2.05) is 6.07 Å². The Morgan fingerprint density at radius 2 is 1.63 bits per heavy atom. The number of rotatable bonds is 7. The maximum Gasteiger partial charge on any atom is 0.251 e. The van der Waals surface area contributed by atoms with Gasteiger partial charge in [0.05, 0.1) is 18.1 Å². The van der Waals surface area contributed by atoms with Crippen LogP contribution in [0.4, 0.5) is 0 Å². The van der Waals surface area contributed by atoms with Crippen molar-refractivity contribution in [1.29, 1.82) is 0 Å². The van der Waals surface area contributed by atoms with E-state index in [-0.39, 0.29) is 47.7 Å². The molecule has 0 bridgehead atoms. The van der Waals surface area contributed by atoms with E-state index in [0.717, 1.165) is 25.7 Å². The molecule has 3 rings (SSSR count). The molecule has 3 amide bonds. The molecule has 0 spiro atoms. The fourth-order valence-corrected chi connectivity index (χ4v) is 5.70. The van der Waals surface area contributed by atoms with E-state index in [0.29, 0.717) is 24.4 Å². The van der Waals surface area contributed by atoms with Crippen LogP contribution in [-0.2, 0) is 19.4 Å². The van der Waals surface area contributed by atoms with E-state index < -0.39 is 9.84 Å². The molecule has 0 unspecified atom stereocenters. The van der Waals surface area contributed by atoms with Crippen LogP contribution < -0.4 is 16.0 Å². The molecule has 2 fully saturated rings. The van der Waals surface area contributed by atoms with Crippen LogP contribution in [0.15, 0.2) is 30.3 Å². The predicted molar refractivity (Wildman–Crippen MR) is 112 cm³/mol. The van der Waals surface area contributed by atoms with Crippen molar-refractivity contribution in [1.82, 2.24) is 16.0 Å². The number of carbonyl (C=O) groups is 3. The average molecular weight is 436 g/mol. The van der Waals surface area contributed by atoms with E-state index >= 15 is 0 Å². The van der Waals surface area contributed by atoms with Gasteiger partial charge in [0.15, 0.2) is 9.84 Å². The van der Waals surface area contributed by atoms with Crippen molar-refractivity contribution in [2.45, 2.75) is 38.1 Å². The summed E-state index contributed by atoms with van der Waals surface area (Å²) in [7, 11) is -3.00. The lowest BCUT2D eigenvalue weighted by Crippen LogP contribution is -2.42. The van der Waals surface area contributed by atoms with Gasteiger partial charge in [0, 0.05) is 24.1 Å². The second kappa shape index (κ2) is 10.1. The lowest BCUT2D eigenvalue weighted by Gasteiger charge is -2.28. The molecule has 1 aliphatic carbocycles. The van der Waals surface area contributed by atoms with Gasteiger partial charge in [0.2, 0.25) is 11.8 Å². The fourth-order valence-electron chi connectivity index (χ4n) is 4.03. The van der Waals surface area contributed by atoms with E-state index in [1.54, 1.807) is 24.3 Å². The zero-order valence-electron chi connectivity index (χ0n) is 16.9. The quantitative estimate of drug-likeness (QED) is 0.580. The van der Waals surface area contributed by atoms with Crippen LogP contribution in [0.1, 0.15) is 42.5 Å². The Morgan fingerprint density at radius 3 is 2.27 bits per heavy atom. The number of sulfone groups is 1. The summed E-state index contributed by atoms with van der Waals surface area (Å²) in [5.41, 5.74) is 0.511. The normalized spacial score (nSPS) is 25.3. The van der Waals surface area contributed by atoms with Crippen molar-refractivity contribution in [3.8, 4) is 0 Å². The van der Waals surface area contributed by atoms with Gasteiger partial charge in [0.1, 0.15) is 0 Å². The molecule has 8 nitrogen and oxygen atoms in total. The second-order valence-corrected chi connectivity index (χ2v) is 10.4. The van der Waals surface area contributed by atoms with Crippen molar-refractivity contribution in [3.63, 3.8) is 0 Å². The number of carbonyl (C=O) groups excluding carboxylic acids is 3. The van der Waals surface area contributed by atoms with Gasteiger partial charge >= 0.3 is 0 Å². The first kappa shape index (κ1) is 22.3. The molecule has 1 aliphatic heterocycles. The highest BCUT2D eigenvalue weighted by Crippen LogP contribution is 2.29. The van der Waals surface area contributed by atoms with Crippen LogP contribution in [0.25, 0.3) is 0 Å². The minimum atomic E-state index is -3.00. The van der Waals surface area contributed by atoms with Gasteiger partial charge in [-0.05, 0) is 50.2 Å². The van der Waals surface area contributed by atoms with E-state index in [9.17, 15) is 22.8 Å². The maximum atomic E-state index is 12.4. The van der Waals surface area contributed by atoms with E-state index in [2.05, 4.69) is 16.0 Å². The largest absolute Gasteiger partial charge is 0.354 e. The maximum absolute atomic E-state index is 12.4. The van der Waals surface area contributed by atoms with Gasteiger partial charge in [-0.25, -0.2) is 8.42 Å². The third kappa shape index (κ3) is 6.55. The first-order valence-corrected chi connectivity index (χ1v) is 12.3. The topological polar surface area (TPSA) is 121 Å². The highest BCUT2D eigenvalue weighted by Gasteiger charge is 2.32. The van der Waals surface area contributed by atoms with Crippen molar-refractivity contribution in [2.75, 3.05) is 24.6 Å². The van der Waals surface area contributed by atoms with E-state index in [1.165, 1.54) is 0 Å². The number of benzene rings is 1. The summed E-state index contributed by atoms with van der Waals surface area (Å²) >= 11 is 0. The Bertz CT molecular complexity index is 864. The molecule has 30 heavy (non-hydrogen) atoms. The van der Waals surface area contributed by atoms with Gasteiger partial charge in [-0.15, -0.1) is 0 Å². The van der Waals surface area contributed by atoms with Crippen molar-refractivity contribution in [2.24, 2.45) is 11.8 Å². The summed E-state index contributed by atoms with van der Waals surface area (Å²) in [6.45, 7) is 0.449. The van der Waals surface area contributed by atoms with Gasteiger partial charge in [-0.3, -0.25) is 14.4 Å². The van der Waals surface area contributed by atoms with Gasteiger partial charge in [0.25, 0.3) is 5.91 Å². The monoisotopic (exact) mass is 435 g/mol. The second-order valence-electron chi connectivity index (χ2n) is 8.18. The number of amides is 3. The SMILES string of the molecule is O=C(CNC(=O)c1ccccc1)NCC1CCC(C(=O)N[C@@H]2CCS(=O)(=O)C2)CC1. The molecule has 1 aromatic carbocycles. The molecule has 1 saturated carbocycles. The van der Waals surface area contributed by atoms with Crippen LogP contribution in [0.5, 0.6) is 0 Å². The van der Waals surface area contributed by atoms with Gasteiger partial charge in [-0.2, -0.15) is 0 Å². The highest BCUT2D eigenvalue weighted by atomic mass is 32.2. The number of nitrogens with one attached hydrogen (secondary N) is 3. The third-order valence-electron chi connectivity index (χ3n) is 5.83. The zero-order chi connectivity index (χ0) is 21.6. The zero-order valence-corrected chi connectivity index (χ0v) is 17.7. The molecular formula is C21H29N3O5S. The Hall–Kier alpha value is -2.42. The molecule has 164 valence electrons. The lowest BCUT2D eigenvalue weighted by atomic mass is 9.81. The summed E-state index contributed by atoms with van der Waals surface area (Å²) in [5, 5.41) is 8.33. The summed E-state index contributed by atoms with van der Waals surface area (Å²) in [6, 6.07) is 8.47. The van der Waals surface area contributed by atoms with Crippen molar-refractivity contribution < 1.29 is 22.8 Å². The standard InChI is InChI=1S/C21H29N3O5S/c25-19(13-23-20(26)16-4-2-1-3-5-16)22-12-15-6-8-17(9-7-15)21(27)24-18-10-11-30(28,29)14-18/h1-5,15,17-18H,6-14H2,(H,22,25)(H,23,26)(H,24,27)/t15?,17?,18-/m1/s1. The Kier molecular flexibility index (Phi) is 7.47. The van der Waals surface area contributed by atoms with Crippen LogP contribution >= 0.6 is 0 Å². The Balaban J connectivity index is 1.31. The van der Waals surface area contributed by atoms with Crippen LogP contribution in [0.3, 0.4) is 0 Å². The van der Waals surface area contributed by atoms with Crippen molar-refractivity contribution >= 4 is 27.6 Å². The summed E-state index contributed by atoms with van der Waals surface area (Å²) in [5.74, 6) is -0.172. The molecule has 1 atom stereocenters. The van der Waals surface area contributed by atoms with Crippen LogP contribution in [0.2, 0.25) is 0 Å². The van der Waals surface area contributed by atoms with Crippen LogP contribution in [0, 0.1) is 11.8 Å². The average Bonchev–Trinajstić information content (AvgIpc) is 3.09. The first-order chi connectivity index (χ1) is 14.3. The lowest BCUT2D eigenvalue weighted by molar-refractivity contribution is -0.127. The highest BCUT2D eigenvalue weighted by molar-refractivity contribution is 7.91. The summed E-state index contributed by atoms with van der Waals surface area (Å²) in [6.07, 6.45) is 3.62. The molecule has 0 radical (unpaired) electrons. The Morgan fingerprint density at radius 1 is 0.933 bits per heavy atom. The third-order valence-corrected chi connectivity index (χ3v) is 7.60. The fraction of sp³-hybridized carbons (Fsp3) is 0.571. The molecule has 0 aromatic heterocycles. The molecule has 3 N–H and O–H groups in total. The molecule has 1 heterocycles. The van der Waals surface area contributed by atoms with E-state index in [4.69, 9.17) is 0 Å². The minimum Gasteiger partial charge on any atom is -0.354 e. The van der Waals surface area contributed by atoms with Gasteiger partial charge < -0.3 is 16.0 Å². The smallest absolute Gasteiger partial charge is 0.251 e. The summed E-state index contributed by atoms with van der Waals surface area (Å²) < 4.78 is 23.0. The van der Waals surface area contributed by atoms with Gasteiger partial charge in [-0.1, -0.05) is 18.2 Å². The van der Waals surface area contributed by atoms with Crippen molar-refractivity contribution in [3.05, 3.63) is 35.9 Å². The molecule has 2 aliphatic rings. The number of hydrogen-bond donors (Lipinski definition) is 3.